The van der Waals surface area contributed by atoms with E-state index >= 15 is 0 Å². The molecule has 0 aromatic carbocycles. The van der Waals surface area contributed by atoms with Crippen LogP contribution in [-0.4, -0.2) is 86.9 Å². The highest BCUT2D eigenvalue weighted by Crippen LogP contribution is 2.21. The highest BCUT2D eigenvalue weighted by Gasteiger charge is 2.33. The van der Waals surface area contributed by atoms with Gasteiger partial charge < -0.3 is 15.0 Å². The van der Waals surface area contributed by atoms with Crippen molar-refractivity contribution in [3.63, 3.8) is 0 Å². The van der Waals surface area contributed by atoms with Crippen molar-refractivity contribution in [2.45, 2.75) is 38.6 Å². The van der Waals surface area contributed by atoms with Crippen LogP contribution in [0.25, 0.3) is 0 Å². The number of carbonyl (C=O) groups excluding carboxylic acids is 2. The number of rotatable bonds is 5. The Balaban J connectivity index is 1.76. The number of nitrogens with zero attached hydrogens (tertiary/aromatic N) is 3. The molecule has 2 amide bonds. The van der Waals surface area contributed by atoms with Crippen molar-refractivity contribution in [2.75, 3.05) is 46.9 Å². The highest BCUT2D eigenvalue weighted by molar-refractivity contribution is 7.86. The quantitative estimate of drug-likeness (QED) is 0.725. The van der Waals surface area contributed by atoms with E-state index in [1.54, 1.807) is 11.8 Å². The average Bonchev–Trinajstić information content (AvgIpc) is 2.62. The molecular weight excluding hydrogens is 360 g/mol. The molecule has 2 saturated heterocycles. The van der Waals surface area contributed by atoms with Crippen molar-refractivity contribution in [1.82, 2.24) is 18.8 Å². The predicted octanol–water partition coefficient (Wildman–Crippen LogP) is 0.242. The molecule has 0 aromatic heterocycles. The lowest BCUT2D eigenvalue weighted by Crippen LogP contribution is -2.50. The lowest BCUT2D eigenvalue weighted by atomic mass is 9.96. The number of ether oxygens (including phenoxy) is 1. The number of piperidine rings is 2. The molecule has 2 aliphatic rings. The molecular formula is C16H30N4O5S. The first-order valence-electron chi connectivity index (χ1n) is 9.15. The van der Waals surface area contributed by atoms with Gasteiger partial charge in [0.25, 0.3) is 10.2 Å². The van der Waals surface area contributed by atoms with E-state index in [4.69, 9.17) is 4.74 Å². The van der Waals surface area contributed by atoms with Gasteiger partial charge in [0.2, 0.25) is 5.91 Å². The minimum absolute atomic E-state index is 0.0125. The standard InChI is InChI=1S/C16H30N4O5S/c1-4-25-16(22)19-9-7-14(8-10-19)17-15(21)13-5-11-20(12-6-13)26(23,24)18(2)3/h13-14H,4-12H2,1-3H3,(H,17,21). The third kappa shape index (κ3) is 5.08. The summed E-state index contributed by atoms with van der Waals surface area (Å²) in [7, 11) is -0.388. The second-order valence-corrected chi connectivity index (χ2v) is 9.07. The van der Waals surface area contributed by atoms with Crippen LogP contribution in [0.2, 0.25) is 0 Å². The van der Waals surface area contributed by atoms with Crippen molar-refractivity contribution in [3.8, 4) is 0 Å². The number of likely N-dealkylation sites (tertiary alicyclic amines) is 1. The highest BCUT2D eigenvalue weighted by atomic mass is 32.2. The van der Waals surface area contributed by atoms with Crippen LogP contribution in [0.15, 0.2) is 0 Å². The van der Waals surface area contributed by atoms with Gasteiger partial charge in [0, 0.05) is 52.2 Å². The van der Waals surface area contributed by atoms with Gasteiger partial charge in [0.05, 0.1) is 6.61 Å². The fraction of sp³-hybridized carbons (Fsp3) is 0.875. The number of nitrogens with one attached hydrogen (secondary N) is 1. The fourth-order valence-corrected chi connectivity index (χ4v) is 4.45. The Morgan fingerprint density at radius 3 is 2.15 bits per heavy atom. The van der Waals surface area contributed by atoms with Gasteiger partial charge in [0.15, 0.2) is 0 Å². The molecule has 0 aliphatic carbocycles. The van der Waals surface area contributed by atoms with E-state index in [-0.39, 0.29) is 24.0 Å². The summed E-state index contributed by atoms with van der Waals surface area (Å²) in [6.07, 6.45) is 2.17. The van der Waals surface area contributed by atoms with Crippen LogP contribution in [0.1, 0.15) is 32.6 Å². The molecule has 0 aromatic rings. The van der Waals surface area contributed by atoms with Crippen molar-refractivity contribution in [2.24, 2.45) is 5.92 Å². The molecule has 150 valence electrons. The molecule has 2 fully saturated rings. The zero-order valence-electron chi connectivity index (χ0n) is 15.8. The van der Waals surface area contributed by atoms with Crippen LogP contribution in [-0.2, 0) is 19.7 Å². The molecule has 9 nitrogen and oxygen atoms in total. The molecule has 2 aliphatic heterocycles. The van der Waals surface area contributed by atoms with Gasteiger partial charge >= 0.3 is 6.09 Å². The van der Waals surface area contributed by atoms with Gasteiger partial charge in [-0.05, 0) is 32.6 Å². The molecule has 2 rings (SSSR count). The van der Waals surface area contributed by atoms with Crippen molar-refractivity contribution in [1.29, 1.82) is 0 Å². The zero-order chi connectivity index (χ0) is 19.3. The molecule has 0 bridgehead atoms. The Hall–Kier alpha value is -1.39. The van der Waals surface area contributed by atoms with Crippen molar-refractivity contribution in [3.05, 3.63) is 0 Å². The predicted molar refractivity (Wildman–Crippen MR) is 96.7 cm³/mol. The van der Waals surface area contributed by atoms with Gasteiger partial charge in [-0.1, -0.05) is 0 Å². The fourth-order valence-electron chi connectivity index (χ4n) is 3.32. The van der Waals surface area contributed by atoms with Crippen LogP contribution >= 0.6 is 0 Å². The normalized spacial score (nSPS) is 21.0. The first kappa shape index (κ1) is 20.9. The SMILES string of the molecule is CCOC(=O)N1CCC(NC(=O)C2CCN(S(=O)(=O)N(C)C)CC2)CC1. The second-order valence-electron chi connectivity index (χ2n) is 6.93. The maximum Gasteiger partial charge on any atom is 0.409 e. The molecule has 0 saturated carbocycles. The topological polar surface area (TPSA) is 99.3 Å². The largest absolute Gasteiger partial charge is 0.450 e. The minimum atomic E-state index is -3.41. The Kier molecular flexibility index (Phi) is 7.24. The van der Waals surface area contributed by atoms with Crippen LogP contribution < -0.4 is 5.32 Å². The summed E-state index contributed by atoms with van der Waals surface area (Å²) in [6.45, 7) is 4.00. The van der Waals surface area contributed by atoms with E-state index in [9.17, 15) is 18.0 Å². The van der Waals surface area contributed by atoms with Gasteiger partial charge in [-0.3, -0.25) is 4.79 Å². The molecule has 0 radical (unpaired) electrons. The maximum atomic E-state index is 12.5. The van der Waals surface area contributed by atoms with E-state index < -0.39 is 10.2 Å². The monoisotopic (exact) mass is 390 g/mol. The van der Waals surface area contributed by atoms with Crippen LogP contribution in [0.3, 0.4) is 0 Å². The summed E-state index contributed by atoms with van der Waals surface area (Å²) < 4.78 is 31.9. The number of hydrogen-bond acceptors (Lipinski definition) is 5. The summed E-state index contributed by atoms with van der Waals surface area (Å²) in [4.78, 5) is 25.8. The van der Waals surface area contributed by atoms with Crippen molar-refractivity contribution < 1.29 is 22.7 Å². The van der Waals surface area contributed by atoms with E-state index in [0.29, 0.717) is 58.5 Å². The van der Waals surface area contributed by atoms with Gasteiger partial charge in [0.1, 0.15) is 0 Å². The van der Waals surface area contributed by atoms with Gasteiger partial charge in [-0.25, -0.2) is 4.79 Å². The van der Waals surface area contributed by atoms with Gasteiger partial charge in [-0.15, -0.1) is 0 Å². The molecule has 0 spiro atoms. The molecule has 1 N–H and O–H groups in total. The van der Waals surface area contributed by atoms with Crippen LogP contribution in [0.5, 0.6) is 0 Å². The summed E-state index contributed by atoms with van der Waals surface area (Å²) in [5, 5.41) is 3.06. The Morgan fingerprint density at radius 1 is 1.08 bits per heavy atom. The zero-order valence-corrected chi connectivity index (χ0v) is 16.6. The van der Waals surface area contributed by atoms with E-state index in [1.165, 1.54) is 22.7 Å². The van der Waals surface area contributed by atoms with Crippen LogP contribution in [0, 0.1) is 5.92 Å². The maximum absolute atomic E-state index is 12.5. The number of hydrogen-bond donors (Lipinski definition) is 1. The third-order valence-corrected chi connectivity index (χ3v) is 6.92. The summed E-state index contributed by atoms with van der Waals surface area (Å²) in [6, 6.07) is 0.0525. The van der Waals surface area contributed by atoms with E-state index in [2.05, 4.69) is 5.32 Å². The number of amides is 2. The first-order chi connectivity index (χ1) is 12.3. The van der Waals surface area contributed by atoms with E-state index in [1.807, 2.05) is 0 Å². The summed E-state index contributed by atoms with van der Waals surface area (Å²) in [5.41, 5.74) is 0. The lowest BCUT2D eigenvalue weighted by molar-refractivity contribution is -0.127. The molecule has 10 heteroatoms. The van der Waals surface area contributed by atoms with E-state index in [0.717, 1.165) is 0 Å². The molecule has 2 heterocycles. The Labute approximate surface area is 155 Å². The Morgan fingerprint density at radius 2 is 1.65 bits per heavy atom. The molecule has 0 atom stereocenters. The average molecular weight is 391 g/mol. The second kappa shape index (κ2) is 9.01. The summed E-state index contributed by atoms with van der Waals surface area (Å²) >= 11 is 0. The summed E-state index contributed by atoms with van der Waals surface area (Å²) in [5.74, 6) is -0.173. The number of carbonyl (C=O) groups is 2. The van der Waals surface area contributed by atoms with Crippen LogP contribution in [0.4, 0.5) is 4.79 Å². The Bertz CT molecular complexity index is 594. The molecule has 26 heavy (non-hydrogen) atoms. The third-order valence-electron chi connectivity index (χ3n) is 4.98. The van der Waals surface area contributed by atoms with Crippen molar-refractivity contribution >= 4 is 22.2 Å². The minimum Gasteiger partial charge on any atom is -0.450 e. The van der Waals surface area contributed by atoms with Gasteiger partial charge in [-0.2, -0.15) is 17.0 Å². The first-order valence-corrected chi connectivity index (χ1v) is 10.5. The molecule has 0 unspecified atom stereocenters. The lowest BCUT2D eigenvalue weighted by Gasteiger charge is -2.34. The smallest absolute Gasteiger partial charge is 0.409 e.